The van der Waals surface area contributed by atoms with Crippen LogP contribution in [0.15, 0.2) is 0 Å². The summed E-state index contributed by atoms with van der Waals surface area (Å²) < 4.78 is 6.32. The minimum Gasteiger partial charge on any atom is -0.374 e. The molecule has 0 spiro atoms. The summed E-state index contributed by atoms with van der Waals surface area (Å²) in [6.07, 6.45) is 9.46. The van der Waals surface area contributed by atoms with Crippen molar-refractivity contribution in [2.45, 2.75) is 77.4 Å². The van der Waals surface area contributed by atoms with Crippen molar-refractivity contribution in [1.82, 2.24) is 5.32 Å². The van der Waals surface area contributed by atoms with Crippen molar-refractivity contribution in [2.75, 3.05) is 13.2 Å². The van der Waals surface area contributed by atoms with E-state index in [1.807, 2.05) is 0 Å². The Morgan fingerprint density at radius 2 is 2.06 bits per heavy atom. The van der Waals surface area contributed by atoms with Crippen molar-refractivity contribution in [3.8, 4) is 0 Å². The quantitative estimate of drug-likeness (QED) is 0.746. The lowest BCUT2D eigenvalue weighted by molar-refractivity contribution is -0.102. The maximum atomic E-state index is 6.32. The summed E-state index contributed by atoms with van der Waals surface area (Å²) in [6, 6.07) is 0.581. The average molecular weight is 253 g/mol. The van der Waals surface area contributed by atoms with Crippen molar-refractivity contribution >= 4 is 0 Å². The first-order valence-corrected chi connectivity index (χ1v) is 8.07. The molecule has 2 heteroatoms. The third kappa shape index (κ3) is 3.48. The molecular weight excluding hydrogens is 222 g/mol. The molecular formula is C16H31NO. The van der Waals surface area contributed by atoms with Crippen LogP contribution in [0.4, 0.5) is 0 Å². The van der Waals surface area contributed by atoms with E-state index < -0.39 is 0 Å². The van der Waals surface area contributed by atoms with E-state index >= 15 is 0 Å². The molecule has 0 aromatic rings. The van der Waals surface area contributed by atoms with Gasteiger partial charge in [0, 0.05) is 12.6 Å². The Hall–Kier alpha value is -0.0800. The monoisotopic (exact) mass is 253 g/mol. The SMILES string of the molecule is CCNC(CC1CC1)C1(OCC)CCCC(C)C1. The molecule has 3 atom stereocenters. The van der Waals surface area contributed by atoms with E-state index in [2.05, 4.69) is 26.1 Å². The number of likely N-dealkylation sites (N-methyl/N-ethyl adjacent to an activating group) is 1. The van der Waals surface area contributed by atoms with E-state index in [1.54, 1.807) is 0 Å². The summed E-state index contributed by atoms with van der Waals surface area (Å²) in [5, 5.41) is 3.74. The second-order valence-corrected chi connectivity index (χ2v) is 6.49. The highest BCUT2D eigenvalue weighted by molar-refractivity contribution is 4.99. The Labute approximate surface area is 113 Å². The van der Waals surface area contributed by atoms with Crippen molar-refractivity contribution < 1.29 is 4.74 Å². The molecule has 0 aromatic heterocycles. The summed E-state index contributed by atoms with van der Waals surface area (Å²) in [6.45, 7) is 8.71. The molecule has 0 heterocycles. The maximum Gasteiger partial charge on any atom is 0.0837 e. The molecule has 2 aliphatic rings. The molecule has 3 unspecified atom stereocenters. The molecule has 18 heavy (non-hydrogen) atoms. The van der Waals surface area contributed by atoms with E-state index in [9.17, 15) is 0 Å². The van der Waals surface area contributed by atoms with E-state index in [-0.39, 0.29) is 5.60 Å². The van der Waals surface area contributed by atoms with E-state index in [0.717, 1.165) is 25.0 Å². The molecule has 0 bridgehead atoms. The van der Waals surface area contributed by atoms with Gasteiger partial charge in [0.05, 0.1) is 5.60 Å². The van der Waals surface area contributed by atoms with Gasteiger partial charge in [0.15, 0.2) is 0 Å². The summed E-state index contributed by atoms with van der Waals surface area (Å²) >= 11 is 0. The maximum absolute atomic E-state index is 6.32. The highest BCUT2D eigenvalue weighted by atomic mass is 16.5. The first-order chi connectivity index (χ1) is 8.70. The van der Waals surface area contributed by atoms with Crippen LogP contribution in [0.5, 0.6) is 0 Å². The smallest absolute Gasteiger partial charge is 0.0837 e. The van der Waals surface area contributed by atoms with Gasteiger partial charge in [0.25, 0.3) is 0 Å². The summed E-state index contributed by atoms with van der Waals surface area (Å²) in [7, 11) is 0. The molecule has 0 aliphatic heterocycles. The van der Waals surface area contributed by atoms with Crippen LogP contribution < -0.4 is 5.32 Å². The molecule has 0 aromatic carbocycles. The van der Waals surface area contributed by atoms with Crippen LogP contribution in [0.25, 0.3) is 0 Å². The van der Waals surface area contributed by atoms with Gasteiger partial charge in [-0.05, 0) is 44.6 Å². The van der Waals surface area contributed by atoms with Crippen LogP contribution in [0.2, 0.25) is 0 Å². The second kappa shape index (κ2) is 6.38. The molecule has 2 fully saturated rings. The van der Waals surface area contributed by atoms with Gasteiger partial charge in [-0.25, -0.2) is 0 Å². The topological polar surface area (TPSA) is 21.3 Å². The van der Waals surface area contributed by atoms with Crippen LogP contribution in [0, 0.1) is 11.8 Å². The highest BCUT2D eigenvalue weighted by Crippen LogP contribution is 2.43. The first kappa shape index (κ1) is 14.3. The van der Waals surface area contributed by atoms with Gasteiger partial charge in [-0.1, -0.05) is 39.5 Å². The summed E-state index contributed by atoms with van der Waals surface area (Å²) in [4.78, 5) is 0. The molecule has 0 amide bonds. The van der Waals surface area contributed by atoms with Gasteiger partial charge < -0.3 is 10.1 Å². The van der Waals surface area contributed by atoms with E-state index in [1.165, 1.54) is 44.9 Å². The molecule has 0 radical (unpaired) electrons. The number of ether oxygens (including phenoxy) is 1. The number of hydrogen-bond donors (Lipinski definition) is 1. The van der Waals surface area contributed by atoms with Gasteiger partial charge in [0.2, 0.25) is 0 Å². The Bertz CT molecular complexity index is 247. The normalized spacial score (nSPS) is 34.5. The van der Waals surface area contributed by atoms with Crippen LogP contribution in [0.1, 0.15) is 65.7 Å². The van der Waals surface area contributed by atoms with Crippen LogP contribution >= 0.6 is 0 Å². The van der Waals surface area contributed by atoms with E-state index in [0.29, 0.717) is 6.04 Å². The second-order valence-electron chi connectivity index (χ2n) is 6.49. The average Bonchev–Trinajstić information content (AvgIpc) is 3.13. The molecule has 2 saturated carbocycles. The predicted octanol–water partition coefficient (Wildman–Crippen LogP) is 3.75. The molecule has 106 valence electrons. The third-order valence-electron chi connectivity index (χ3n) is 4.77. The molecule has 0 saturated heterocycles. The zero-order valence-corrected chi connectivity index (χ0v) is 12.5. The highest BCUT2D eigenvalue weighted by Gasteiger charge is 2.44. The predicted molar refractivity (Wildman–Crippen MR) is 76.8 cm³/mol. The van der Waals surface area contributed by atoms with Gasteiger partial charge >= 0.3 is 0 Å². The zero-order chi connectivity index (χ0) is 13.0. The largest absolute Gasteiger partial charge is 0.374 e. The van der Waals surface area contributed by atoms with Crippen molar-refractivity contribution in [2.24, 2.45) is 11.8 Å². The minimum absolute atomic E-state index is 0.130. The lowest BCUT2D eigenvalue weighted by Gasteiger charge is -2.46. The number of rotatable bonds is 7. The van der Waals surface area contributed by atoms with Crippen LogP contribution in [-0.4, -0.2) is 24.8 Å². The van der Waals surface area contributed by atoms with Crippen LogP contribution in [0.3, 0.4) is 0 Å². The Balaban J connectivity index is 2.07. The number of nitrogens with one attached hydrogen (secondary N) is 1. The Morgan fingerprint density at radius 1 is 1.28 bits per heavy atom. The van der Waals surface area contributed by atoms with Gasteiger partial charge in [-0.2, -0.15) is 0 Å². The summed E-state index contributed by atoms with van der Waals surface area (Å²) in [5.74, 6) is 1.80. The van der Waals surface area contributed by atoms with Gasteiger partial charge in [-0.15, -0.1) is 0 Å². The fraction of sp³-hybridized carbons (Fsp3) is 1.00. The molecule has 2 aliphatic carbocycles. The zero-order valence-electron chi connectivity index (χ0n) is 12.5. The molecule has 2 rings (SSSR count). The third-order valence-corrected chi connectivity index (χ3v) is 4.77. The molecule has 1 N–H and O–H groups in total. The Kier molecular flexibility index (Phi) is 5.08. The fourth-order valence-corrected chi connectivity index (χ4v) is 3.80. The fourth-order valence-electron chi connectivity index (χ4n) is 3.80. The standard InChI is InChI=1S/C16H31NO/c1-4-17-15(11-14-8-9-14)16(18-5-2)10-6-7-13(3)12-16/h13-15,17H,4-12H2,1-3H3. The first-order valence-electron chi connectivity index (χ1n) is 8.07. The van der Waals surface area contributed by atoms with Gasteiger partial charge in [-0.3, -0.25) is 0 Å². The molecule has 2 nitrogen and oxygen atoms in total. The lowest BCUT2D eigenvalue weighted by atomic mass is 9.73. The summed E-state index contributed by atoms with van der Waals surface area (Å²) in [5.41, 5.74) is 0.130. The van der Waals surface area contributed by atoms with Crippen LogP contribution in [-0.2, 0) is 4.74 Å². The van der Waals surface area contributed by atoms with Crippen molar-refractivity contribution in [1.29, 1.82) is 0 Å². The number of hydrogen-bond acceptors (Lipinski definition) is 2. The Morgan fingerprint density at radius 3 is 2.61 bits per heavy atom. The van der Waals surface area contributed by atoms with Crippen molar-refractivity contribution in [3.05, 3.63) is 0 Å². The lowest BCUT2D eigenvalue weighted by Crippen LogP contribution is -2.55. The van der Waals surface area contributed by atoms with E-state index in [4.69, 9.17) is 4.74 Å². The van der Waals surface area contributed by atoms with Gasteiger partial charge in [0.1, 0.15) is 0 Å². The minimum atomic E-state index is 0.130. The van der Waals surface area contributed by atoms with Crippen molar-refractivity contribution in [3.63, 3.8) is 0 Å².